The Kier molecular flexibility index (Phi) is 23.6. The van der Waals surface area contributed by atoms with E-state index in [0.29, 0.717) is 55.5 Å². The second kappa shape index (κ2) is 26.3. The maximum atomic E-state index is 5.37. The molecule has 0 aliphatic heterocycles. The second-order valence-corrected chi connectivity index (χ2v) is 47.3. The Morgan fingerprint density at radius 2 is 0.865 bits per heavy atom. The second-order valence-electron chi connectivity index (χ2n) is 10.3. The van der Waals surface area contributed by atoms with E-state index in [4.69, 9.17) is 18.9 Å². The van der Waals surface area contributed by atoms with Crippen LogP contribution in [0.25, 0.3) is 43.9 Å². The number of aromatic nitrogens is 2. The van der Waals surface area contributed by atoms with E-state index >= 15 is 0 Å². The number of hydrogen-bond donors (Lipinski definition) is 0. The third kappa shape index (κ3) is 13.8. The molecule has 0 N–H and O–H groups in total. The van der Waals surface area contributed by atoms with Crippen LogP contribution in [0.3, 0.4) is 0 Å². The fraction of sp³-hybridized carbons (Fsp3) is 0.211. The summed E-state index contributed by atoms with van der Waals surface area (Å²) >= 11 is 11.3. The first-order valence-corrected chi connectivity index (χ1v) is 44.3. The molecule has 52 heavy (non-hydrogen) atoms. The molecule has 0 bridgehead atoms. The van der Waals surface area contributed by atoms with Crippen molar-refractivity contribution in [3.05, 3.63) is 105 Å². The molecule has 6 aromatic rings. The summed E-state index contributed by atoms with van der Waals surface area (Å²) in [6, 6.07) is 29.3. The van der Waals surface area contributed by atoms with Crippen molar-refractivity contribution in [1.82, 2.24) is 0 Å². The maximum absolute atomic E-state index is 5.37. The zero-order chi connectivity index (χ0) is 37.9. The van der Waals surface area contributed by atoms with Crippen LogP contribution in [-0.2, 0) is 13.1 Å². The van der Waals surface area contributed by atoms with Crippen LogP contribution in [0.1, 0.15) is 34.1 Å². The van der Waals surface area contributed by atoms with Crippen LogP contribution in [-0.4, -0.2) is 57.4 Å². The number of nitrogens with zero attached hydrogens (tertiary/aromatic N) is 2. The topological polar surface area (TPSA) is 44.7 Å². The predicted octanol–water partition coefficient (Wildman–Crippen LogP) is 4.33. The molecule has 2 heterocycles. The van der Waals surface area contributed by atoms with Crippen LogP contribution in [0.5, 0.6) is 23.0 Å². The van der Waals surface area contributed by atoms with E-state index in [1.165, 1.54) is 28.7 Å². The predicted molar refractivity (Wildman–Crippen MR) is 247 cm³/mol. The molecule has 0 aliphatic rings. The van der Waals surface area contributed by atoms with Crippen molar-refractivity contribution < 1.29 is 54.6 Å². The molecule has 6 nitrogen and oxygen atoms in total. The number of rotatable bonds is 10. The molecule has 0 amide bonds. The Balaban J connectivity index is 0.000000244. The number of halogens is 6. The fourth-order valence-corrected chi connectivity index (χ4v) is 9.99. The summed E-state index contributed by atoms with van der Waals surface area (Å²) in [5, 5.41) is 0. The normalized spacial score (nSPS) is 10.8. The Morgan fingerprint density at radius 3 is 1.19 bits per heavy atom. The molecular formula is C38H40I6N2O4Se2. The zero-order valence-electron chi connectivity index (χ0n) is 29.4. The van der Waals surface area contributed by atoms with Crippen molar-refractivity contribution in [2.45, 2.75) is 26.9 Å². The van der Waals surface area contributed by atoms with Gasteiger partial charge in [-0.2, -0.15) is 0 Å². The molecule has 4 aromatic carbocycles. The Bertz CT molecular complexity index is 1910. The van der Waals surface area contributed by atoms with Crippen molar-refractivity contribution in [2.75, 3.05) is 28.4 Å². The molecule has 0 radical (unpaired) electrons. The number of ether oxygens (including phenoxy) is 4. The molecule has 0 fully saturated rings. The number of methoxy groups -OCH3 is 4. The van der Waals surface area contributed by atoms with Crippen molar-refractivity contribution in [2.24, 2.45) is 0 Å². The quantitative estimate of drug-likeness (QED) is 0.117. The number of hydrogen-bond acceptors (Lipinski definition) is 4. The van der Waals surface area contributed by atoms with E-state index in [1.54, 1.807) is 28.4 Å². The van der Waals surface area contributed by atoms with Crippen LogP contribution in [0.4, 0.5) is 0 Å². The summed E-state index contributed by atoms with van der Waals surface area (Å²) in [4.78, 5) is 0. The van der Waals surface area contributed by atoms with Gasteiger partial charge in [0.1, 0.15) is 0 Å². The summed E-state index contributed by atoms with van der Waals surface area (Å²) in [5.74, 6) is 3.02. The molecule has 0 aliphatic carbocycles. The minimum atomic E-state index is 0.361. The molecule has 14 heteroatoms. The SMILES string of the molecule is CC[n+]1c(/C=C/c2ccc(OC)c(OC)c2)[se]c2ccccc21.CC[n+]1c(/C=C/c2ccc(OC)c(OC)c2)[se]c2ccccc21.I[I-]I.I[I-]I. The average Bonchev–Trinajstić information content (AvgIpc) is 3.73. The summed E-state index contributed by atoms with van der Waals surface area (Å²) < 4.78 is 31.8. The summed E-state index contributed by atoms with van der Waals surface area (Å²) in [6.45, 7) is 6.37. The van der Waals surface area contributed by atoms with Gasteiger partial charge in [0.05, 0.1) is 0 Å². The van der Waals surface area contributed by atoms with Gasteiger partial charge in [0, 0.05) is 0 Å². The van der Waals surface area contributed by atoms with Crippen molar-refractivity contribution in [3.63, 3.8) is 0 Å². The van der Waals surface area contributed by atoms with Gasteiger partial charge in [-0.05, 0) is 0 Å². The Labute approximate surface area is 379 Å². The minimum absolute atomic E-state index is 0.361. The van der Waals surface area contributed by atoms with Gasteiger partial charge in [0.2, 0.25) is 0 Å². The van der Waals surface area contributed by atoms with Gasteiger partial charge in [0.15, 0.2) is 0 Å². The van der Waals surface area contributed by atoms with E-state index < -0.39 is 0 Å². The van der Waals surface area contributed by atoms with Gasteiger partial charge in [0.25, 0.3) is 0 Å². The molecule has 2 aromatic heterocycles. The molecule has 0 unspecified atom stereocenters. The zero-order valence-corrected chi connectivity index (χ0v) is 45.8. The van der Waals surface area contributed by atoms with Gasteiger partial charge < -0.3 is 0 Å². The first-order valence-electron chi connectivity index (χ1n) is 15.7. The van der Waals surface area contributed by atoms with Gasteiger partial charge in [-0.3, -0.25) is 0 Å². The molecule has 0 saturated heterocycles. The average molecular weight is 1510 g/mol. The monoisotopic (exact) mass is 1510 g/mol. The summed E-state index contributed by atoms with van der Waals surface area (Å²) in [5.41, 5.74) is 4.92. The third-order valence-corrected chi connectivity index (χ3v) is 12.3. The van der Waals surface area contributed by atoms with Crippen LogP contribution < -0.4 is 54.6 Å². The standard InChI is InChI=1S/2C19H20NO2Se.2I3/c2*1-4-20-15-7-5-6-8-18(15)23-19(20)12-10-14-9-11-16(21-2)17(13-14)22-3;2*1-3-2/h2*5-13H,4H2,1-3H3;;/q2*+1;2*-1/b2*12-10+;;. The van der Waals surface area contributed by atoms with E-state index in [9.17, 15) is 0 Å². The van der Waals surface area contributed by atoms with E-state index in [-0.39, 0.29) is 0 Å². The van der Waals surface area contributed by atoms with Crippen LogP contribution in [0.2, 0.25) is 0 Å². The van der Waals surface area contributed by atoms with Gasteiger partial charge in [-0.1, -0.05) is 0 Å². The molecule has 0 spiro atoms. The molecule has 0 atom stereocenters. The van der Waals surface area contributed by atoms with Crippen LogP contribution in [0, 0.1) is 0 Å². The van der Waals surface area contributed by atoms with E-state index in [1.807, 2.05) is 36.4 Å². The summed E-state index contributed by atoms with van der Waals surface area (Å²) in [7, 11) is 6.63. The molecule has 280 valence electrons. The number of para-hydroxylation sites is 2. The van der Waals surface area contributed by atoms with Gasteiger partial charge in [-0.15, -0.1) is 0 Å². The van der Waals surface area contributed by atoms with E-state index in [2.05, 4.69) is 170 Å². The van der Waals surface area contributed by atoms with Crippen molar-refractivity contribution in [3.8, 4) is 23.0 Å². The van der Waals surface area contributed by atoms with Crippen molar-refractivity contribution in [1.29, 1.82) is 0 Å². The Hall–Kier alpha value is 0.319. The van der Waals surface area contributed by atoms with Gasteiger partial charge in [-0.25, -0.2) is 0 Å². The number of aryl methyl sites for hydroxylation is 2. The van der Waals surface area contributed by atoms with Crippen LogP contribution >= 0.6 is 74.5 Å². The number of fused-ring (bicyclic) bond motifs is 2. The third-order valence-electron chi connectivity index (χ3n) is 7.56. The molecule has 0 saturated carbocycles. The molecule has 6 rings (SSSR count). The van der Waals surface area contributed by atoms with E-state index in [0.717, 1.165) is 47.2 Å². The van der Waals surface area contributed by atoms with Crippen LogP contribution in [0.15, 0.2) is 84.9 Å². The first-order chi connectivity index (χ1) is 25.4. The van der Waals surface area contributed by atoms with Gasteiger partial charge >= 0.3 is 385 Å². The fourth-order valence-electron chi connectivity index (χ4n) is 5.25. The number of benzene rings is 4. The summed E-state index contributed by atoms with van der Waals surface area (Å²) in [6.07, 6.45) is 8.75. The Morgan fingerprint density at radius 1 is 0.519 bits per heavy atom. The van der Waals surface area contributed by atoms with Crippen molar-refractivity contribution >= 4 is 147 Å². The molecular weight excluding hydrogens is 1470 g/mol. The first kappa shape index (κ1) is 46.7.